The summed E-state index contributed by atoms with van der Waals surface area (Å²) in [6, 6.07) is 4.76. The first-order valence-electron chi connectivity index (χ1n) is 7.27. The Morgan fingerprint density at radius 3 is 2.78 bits per heavy atom. The fourth-order valence-electron chi connectivity index (χ4n) is 2.90. The van der Waals surface area contributed by atoms with Gasteiger partial charge >= 0.3 is 6.01 Å². The molecule has 2 unspecified atom stereocenters. The average Bonchev–Trinajstić information content (AvgIpc) is 2.91. The van der Waals surface area contributed by atoms with Gasteiger partial charge in [-0.1, -0.05) is 0 Å². The van der Waals surface area contributed by atoms with Gasteiger partial charge in [-0.15, -0.1) is 0 Å². The summed E-state index contributed by atoms with van der Waals surface area (Å²) in [6.45, 7) is 2.07. The number of halogens is 2. The molecule has 7 heteroatoms. The highest BCUT2D eigenvalue weighted by Gasteiger charge is 2.35. The van der Waals surface area contributed by atoms with E-state index in [1.54, 1.807) is 17.9 Å². The first-order chi connectivity index (χ1) is 11.0. The molecule has 122 valence electrons. The van der Waals surface area contributed by atoms with E-state index in [4.69, 9.17) is 4.74 Å². The lowest BCUT2D eigenvalue weighted by Gasteiger charge is -2.26. The summed E-state index contributed by atoms with van der Waals surface area (Å²) in [4.78, 5) is 10.1. The maximum Gasteiger partial charge on any atom is 0.318 e. The van der Waals surface area contributed by atoms with Crippen molar-refractivity contribution in [2.75, 3.05) is 18.6 Å². The predicted octanol–water partition coefficient (Wildman–Crippen LogP) is 2.38. The van der Waals surface area contributed by atoms with Crippen LogP contribution in [-0.2, 0) is 0 Å². The number of aromatic nitrogens is 2. The van der Waals surface area contributed by atoms with Gasteiger partial charge in [-0.3, -0.25) is 0 Å². The van der Waals surface area contributed by atoms with Gasteiger partial charge in [0.05, 0.1) is 19.3 Å². The van der Waals surface area contributed by atoms with Crippen molar-refractivity contribution in [3.05, 3.63) is 47.2 Å². The highest BCUT2D eigenvalue weighted by atomic mass is 19.1. The molecular weight excluding hydrogens is 304 g/mol. The van der Waals surface area contributed by atoms with Crippen molar-refractivity contribution in [1.82, 2.24) is 9.97 Å². The summed E-state index contributed by atoms with van der Waals surface area (Å²) in [5.74, 6) is -0.507. The summed E-state index contributed by atoms with van der Waals surface area (Å²) < 4.78 is 32.7. The number of nitrogens with zero attached hydrogens (tertiary/aromatic N) is 3. The third-order valence-electron chi connectivity index (χ3n) is 3.89. The second-order valence-corrected chi connectivity index (χ2v) is 5.58. The smallest absolute Gasteiger partial charge is 0.318 e. The standard InChI is InChI=1S/C16H17F2N3O2/c1-9-5-15(20-16(19-9)23-2)21-8-11(22)7-14(21)12-6-10(17)3-4-13(12)18/h3-6,11,14,22H,7-8H2,1-2H3. The zero-order chi connectivity index (χ0) is 16.6. The largest absolute Gasteiger partial charge is 0.467 e. The van der Waals surface area contributed by atoms with E-state index in [1.165, 1.54) is 7.11 Å². The zero-order valence-corrected chi connectivity index (χ0v) is 12.8. The first kappa shape index (κ1) is 15.6. The van der Waals surface area contributed by atoms with E-state index in [2.05, 4.69) is 9.97 Å². The molecule has 5 nitrogen and oxygen atoms in total. The molecule has 2 heterocycles. The van der Waals surface area contributed by atoms with Crippen molar-refractivity contribution in [3.63, 3.8) is 0 Å². The van der Waals surface area contributed by atoms with Crippen LogP contribution in [0.15, 0.2) is 24.3 Å². The SMILES string of the molecule is COc1nc(C)cc(N2CC(O)CC2c2cc(F)ccc2F)n1. The van der Waals surface area contributed by atoms with Gasteiger partial charge in [-0.25, -0.2) is 13.8 Å². The van der Waals surface area contributed by atoms with Crippen molar-refractivity contribution >= 4 is 5.82 Å². The third-order valence-corrected chi connectivity index (χ3v) is 3.89. The fourth-order valence-corrected chi connectivity index (χ4v) is 2.90. The lowest BCUT2D eigenvalue weighted by Crippen LogP contribution is -2.26. The number of ether oxygens (including phenoxy) is 1. The van der Waals surface area contributed by atoms with Crippen LogP contribution in [0.25, 0.3) is 0 Å². The number of hydrogen-bond acceptors (Lipinski definition) is 5. The van der Waals surface area contributed by atoms with E-state index >= 15 is 0 Å². The molecule has 0 spiro atoms. The van der Waals surface area contributed by atoms with E-state index < -0.39 is 23.8 Å². The molecular formula is C16H17F2N3O2. The molecule has 1 aliphatic rings. The van der Waals surface area contributed by atoms with Gasteiger partial charge in [0.1, 0.15) is 17.5 Å². The Morgan fingerprint density at radius 1 is 1.26 bits per heavy atom. The second kappa shape index (κ2) is 6.08. The number of aliphatic hydroxyl groups is 1. The van der Waals surface area contributed by atoms with Crippen molar-refractivity contribution < 1.29 is 18.6 Å². The van der Waals surface area contributed by atoms with E-state index in [0.717, 1.165) is 18.2 Å². The Hall–Kier alpha value is -2.28. The molecule has 2 aromatic rings. The number of rotatable bonds is 3. The van der Waals surface area contributed by atoms with Crippen molar-refractivity contribution in [2.24, 2.45) is 0 Å². The summed E-state index contributed by atoms with van der Waals surface area (Å²) in [7, 11) is 1.46. The maximum atomic E-state index is 14.1. The Kier molecular flexibility index (Phi) is 4.12. The van der Waals surface area contributed by atoms with Gasteiger partial charge in [0.25, 0.3) is 0 Å². The molecule has 0 amide bonds. The van der Waals surface area contributed by atoms with Crippen molar-refractivity contribution in [1.29, 1.82) is 0 Å². The van der Waals surface area contributed by atoms with Gasteiger partial charge in [-0.2, -0.15) is 4.98 Å². The lowest BCUT2D eigenvalue weighted by molar-refractivity contribution is 0.194. The molecule has 0 bridgehead atoms. The monoisotopic (exact) mass is 321 g/mol. The summed E-state index contributed by atoms with van der Waals surface area (Å²) in [6.07, 6.45) is -0.352. The normalized spacial score (nSPS) is 20.8. The van der Waals surface area contributed by atoms with Crippen molar-refractivity contribution in [3.8, 4) is 6.01 Å². The van der Waals surface area contributed by atoms with E-state index in [-0.39, 0.29) is 18.1 Å². The fraction of sp³-hybridized carbons (Fsp3) is 0.375. The molecule has 3 rings (SSSR count). The van der Waals surface area contributed by atoms with Gasteiger partial charge in [0.2, 0.25) is 0 Å². The molecule has 0 radical (unpaired) electrons. The van der Waals surface area contributed by atoms with Crippen LogP contribution in [0.2, 0.25) is 0 Å². The molecule has 2 atom stereocenters. The van der Waals surface area contributed by atoms with Gasteiger partial charge < -0.3 is 14.7 Å². The molecule has 1 N–H and O–H groups in total. The minimum Gasteiger partial charge on any atom is -0.467 e. The van der Waals surface area contributed by atoms with Gasteiger partial charge in [0.15, 0.2) is 0 Å². The number of methoxy groups -OCH3 is 1. The number of aryl methyl sites for hydroxylation is 1. The molecule has 0 aliphatic carbocycles. The zero-order valence-electron chi connectivity index (χ0n) is 12.8. The minimum atomic E-state index is -0.649. The van der Waals surface area contributed by atoms with E-state index in [9.17, 15) is 13.9 Å². The summed E-state index contributed by atoms with van der Waals surface area (Å²) in [5.41, 5.74) is 0.892. The van der Waals surface area contributed by atoms with Gasteiger partial charge in [-0.05, 0) is 31.5 Å². The number of hydrogen-bond donors (Lipinski definition) is 1. The summed E-state index contributed by atoms with van der Waals surface area (Å²) >= 11 is 0. The number of anilines is 1. The van der Waals surface area contributed by atoms with Crippen LogP contribution in [0.3, 0.4) is 0 Å². The molecule has 1 aliphatic heterocycles. The Labute approximate surface area is 132 Å². The van der Waals surface area contributed by atoms with Crippen LogP contribution >= 0.6 is 0 Å². The molecule has 1 fully saturated rings. The number of β-amino-alcohol motifs (C(OH)–C–C–N with tert-alkyl or cyclic N) is 1. The average molecular weight is 321 g/mol. The summed E-state index contributed by atoms with van der Waals surface area (Å²) in [5, 5.41) is 10.0. The van der Waals surface area contributed by atoms with Gasteiger partial charge in [0, 0.05) is 23.9 Å². The van der Waals surface area contributed by atoms with Crippen LogP contribution < -0.4 is 9.64 Å². The molecule has 0 saturated carbocycles. The maximum absolute atomic E-state index is 14.1. The molecule has 1 saturated heterocycles. The lowest BCUT2D eigenvalue weighted by atomic mass is 10.0. The minimum absolute atomic E-state index is 0.194. The second-order valence-electron chi connectivity index (χ2n) is 5.58. The predicted molar refractivity (Wildman–Crippen MR) is 80.4 cm³/mol. The van der Waals surface area contributed by atoms with Crippen LogP contribution in [0, 0.1) is 18.6 Å². The Balaban J connectivity index is 2.03. The van der Waals surface area contributed by atoms with Crippen LogP contribution in [0.5, 0.6) is 6.01 Å². The molecule has 1 aromatic heterocycles. The highest BCUT2D eigenvalue weighted by molar-refractivity contribution is 5.46. The van der Waals surface area contributed by atoms with E-state index in [0.29, 0.717) is 17.9 Å². The third kappa shape index (κ3) is 3.10. The Morgan fingerprint density at radius 2 is 2.04 bits per heavy atom. The van der Waals surface area contributed by atoms with Crippen LogP contribution in [0.4, 0.5) is 14.6 Å². The number of aliphatic hydroxyl groups excluding tert-OH is 1. The highest BCUT2D eigenvalue weighted by Crippen LogP contribution is 2.37. The van der Waals surface area contributed by atoms with Crippen LogP contribution in [0.1, 0.15) is 23.7 Å². The Bertz CT molecular complexity index is 726. The quantitative estimate of drug-likeness (QED) is 0.940. The van der Waals surface area contributed by atoms with Crippen LogP contribution in [-0.4, -0.2) is 34.8 Å². The number of benzene rings is 1. The molecule has 23 heavy (non-hydrogen) atoms. The topological polar surface area (TPSA) is 58.5 Å². The first-order valence-corrected chi connectivity index (χ1v) is 7.27. The van der Waals surface area contributed by atoms with E-state index in [1.807, 2.05) is 0 Å². The molecule has 1 aromatic carbocycles. The van der Waals surface area contributed by atoms with Crippen molar-refractivity contribution in [2.45, 2.75) is 25.5 Å².